The molecule has 2 aromatic heterocycles. The van der Waals surface area contributed by atoms with Crippen LogP contribution >= 0.6 is 11.3 Å². The normalized spacial score (nSPS) is 15.5. The number of hydrogen-bond acceptors (Lipinski definition) is 6. The number of anilines is 1. The van der Waals surface area contributed by atoms with Crippen molar-refractivity contribution in [2.45, 2.75) is 37.6 Å². The zero-order valence-corrected chi connectivity index (χ0v) is 15.1. The van der Waals surface area contributed by atoms with Gasteiger partial charge in [-0.25, -0.2) is 15.0 Å². The summed E-state index contributed by atoms with van der Waals surface area (Å²) in [6.07, 6.45) is 6.53. The van der Waals surface area contributed by atoms with Gasteiger partial charge in [-0.1, -0.05) is 43.2 Å². The van der Waals surface area contributed by atoms with Gasteiger partial charge in [0, 0.05) is 23.2 Å². The molecule has 4 rings (SSSR count). The lowest BCUT2D eigenvalue weighted by Gasteiger charge is -2.13. The first kappa shape index (κ1) is 16.7. The number of aromatic nitrogens is 3. The van der Waals surface area contributed by atoms with Crippen LogP contribution in [0, 0.1) is 11.3 Å². The molecule has 0 bridgehead atoms. The Bertz CT molecular complexity index is 909. The van der Waals surface area contributed by atoms with Gasteiger partial charge in [-0.05, 0) is 18.9 Å². The molecule has 1 aromatic carbocycles. The number of rotatable bonds is 5. The average Bonchev–Trinajstić information content (AvgIpc) is 3.36. The molecule has 1 unspecified atom stereocenters. The molecule has 1 aliphatic rings. The van der Waals surface area contributed by atoms with E-state index >= 15 is 0 Å². The summed E-state index contributed by atoms with van der Waals surface area (Å²) in [5.74, 6) is 0.124. The third kappa shape index (κ3) is 3.58. The van der Waals surface area contributed by atoms with E-state index in [4.69, 9.17) is 0 Å². The van der Waals surface area contributed by atoms with Gasteiger partial charge in [0.25, 0.3) is 0 Å². The van der Waals surface area contributed by atoms with Gasteiger partial charge in [0.2, 0.25) is 5.95 Å². The fraction of sp³-hybridized carbons (Fsp3) is 0.300. The van der Waals surface area contributed by atoms with Crippen LogP contribution in [0.5, 0.6) is 0 Å². The quantitative estimate of drug-likeness (QED) is 0.718. The maximum absolute atomic E-state index is 9.72. The van der Waals surface area contributed by atoms with Gasteiger partial charge >= 0.3 is 0 Å². The number of nitrogens with one attached hydrogen (secondary N) is 1. The second-order valence-electron chi connectivity index (χ2n) is 6.43. The molecule has 0 saturated heterocycles. The first-order valence-corrected chi connectivity index (χ1v) is 9.71. The summed E-state index contributed by atoms with van der Waals surface area (Å²) in [7, 11) is 0. The van der Waals surface area contributed by atoms with Crippen molar-refractivity contribution in [3.63, 3.8) is 0 Å². The Kier molecular flexibility index (Phi) is 4.89. The van der Waals surface area contributed by atoms with Gasteiger partial charge in [0.05, 0.1) is 17.5 Å². The molecule has 0 amide bonds. The van der Waals surface area contributed by atoms with Crippen molar-refractivity contribution in [1.82, 2.24) is 15.0 Å². The molecule has 1 saturated carbocycles. The van der Waals surface area contributed by atoms with Crippen molar-refractivity contribution in [3.05, 3.63) is 58.7 Å². The van der Waals surface area contributed by atoms with Crippen molar-refractivity contribution in [2.75, 3.05) is 5.32 Å². The summed E-state index contributed by atoms with van der Waals surface area (Å²) in [4.78, 5) is 13.6. The lowest BCUT2D eigenvalue weighted by atomic mass is 10.1. The summed E-state index contributed by atoms with van der Waals surface area (Å²) in [5, 5.41) is 15.9. The predicted octanol–water partition coefficient (Wildman–Crippen LogP) is 4.61. The Hall–Kier alpha value is -2.78. The van der Waals surface area contributed by atoms with Gasteiger partial charge in [-0.2, -0.15) is 5.26 Å². The summed E-state index contributed by atoms with van der Waals surface area (Å²) >= 11 is 1.50. The third-order valence-corrected chi connectivity index (χ3v) is 5.54. The van der Waals surface area contributed by atoms with E-state index < -0.39 is 5.92 Å². The molecular weight excluding hydrogens is 342 g/mol. The van der Waals surface area contributed by atoms with Crippen LogP contribution in [0.2, 0.25) is 0 Å². The molecule has 130 valence electrons. The monoisotopic (exact) mass is 361 g/mol. The first-order chi connectivity index (χ1) is 12.8. The maximum atomic E-state index is 9.72. The van der Waals surface area contributed by atoms with Crippen molar-refractivity contribution >= 4 is 17.3 Å². The predicted molar refractivity (Wildman–Crippen MR) is 103 cm³/mol. The topological polar surface area (TPSA) is 74.5 Å². The number of nitriles is 1. The van der Waals surface area contributed by atoms with Crippen LogP contribution in [0.15, 0.2) is 48.0 Å². The second-order valence-corrected chi connectivity index (χ2v) is 7.32. The fourth-order valence-electron chi connectivity index (χ4n) is 3.27. The minimum Gasteiger partial charge on any atom is -0.351 e. The highest BCUT2D eigenvalue weighted by Crippen LogP contribution is 2.30. The van der Waals surface area contributed by atoms with E-state index in [2.05, 4.69) is 26.3 Å². The highest BCUT2D eigenvalue weighted by molar-refractivity contribution is 7.10. The largest absolute Gasteiger partial charge is 0.351 e. The fourth-order valence-corrected chi connectivity index (χ4v) is 4.15. The number of hydrogen-bond donors (Lipinski definition) is 1. The highest BCUT2D eigenvalue weighted by Gasteiger charge is 2.21. The minimum atomic E-state index is -0.482. The zero-order valence-electron chi connectivity index (χ0n) is 14.3. The molecule has 1 fully saturated rings. The summed E-state index contributed by atoms with van der Waals surface area (Å²) < 4.78 is 0. The van der Waals surface area contributed by atoms with Crippen LogP contribution in [0.25, 0.3) is 11.3 Å². The second kappa shape index (κ2) is 7.63. The zero-order chi connectivity index (χ0) is 17.8. The van der Waals surface area contributed by atoms with Gasteiger partial charge in [-0.15, -0.1) is 11.3 Å². The van der Waals surface area contributed by atoms with E-state index in [9.17, 15) is 5.26 Å². The molecule has 1 atom stereocenters. The summed E-state index contributed by atoms with van der Waals surface area (Å²) in [6, 6.07) is 14.6. The molecule has 6 heteroatoms. The van der Waals surface area contributed by atoms with Crippen LogP contribution in [0.4, 0.5) is 5.95 Å². The van der Waals surface area contributed by atoms with Crippen molar-refractivity contribution in [3.8, 4) is 17.3 Å². The van der Waals surface area contributed by atoms with Gasteiger partial charge in [0.1, 0.15) is 10.9 Å². The maximum Gasteiger partial charge on any atom is 0.223 e. The molecule has 0 radical (unpaired) electrons. The van der Waals surface area contributed by atoms with Gasteiger partial charge < -0.3 is 5.32 Å². The van der Waals surface area contributed by atoms with E-state index in [1.807, 2.05) is 35.7 Å². The molecular formula is C20H19N5S. The molecule has 2 heterocycles. The van der Waals surface area contributed by atoms with E-state index in [1.165, 1.54) is 24.2 Å². The van der Waals surface area contributed by atoms with Crippen LogP contribution in [-0.2, 0) is 0 Å². The molecule has 0 aliphatic heterocycles. The smallest absolute Gasteiger partial charge is 0.223 e. The average molecular weight is 361 g/mol. The molecule has 5 nitrogen and oxygen atoms in total. The van der Waals surface area contributed by atoms with Gasteiger partial charge in [0.15, 0.2) is 0 Å². The van der Waals surface area contributed by atoms with E-state index in [0.717, 1.165) is 29.1 Å². The van der Waals surface area contributed by atoms with Crippen LogP contribution in [0.1, 0.15) is 42.3 Å². The van der Waals surface area contributed by atoms with Crippen molar-refractivity contribution in [1.29, 1.82) is 5.26 Å². The lowest BCUT2D eigenvalue weighted by Crippen LogP contribution is -2.17. The lowest BCUT2D eigenvalue weighted by molar-refractivity contribution is 0.741. The van der Waals surface area contributed by atoms with Crippen molar-refractivity contribution < 1.29 is 0 Å². The van der Waals surface area contributed by atoms with Crippen molar-refractivity contribution in [2.24, 2.45) is 0 Å². The Labute approximate surface area is 156 Å². The van der Waals surface area contributed by atoms with Crippen LogP contribution in [-0.4, -0.2) is 21.0 Å². The summed E-state index contributed by atoms with van der Waals surface area (Å²) in [6.45, 7) is 0. The van der Waals surface area contributed by atoms with Gasteiger partial charge in [-0.3, -0.25) is 0 Å². The molecule has 26 heavy (non-hydrogen) atoms. The first-order valence-electron chi connectivity index (χ1n) is 8.83. The third-order valence-electron chi connectivity index (χ3n) is 4.63. The molecule has 3 aromatic rings. The van der Waals surface area contributed by atoms with E-state index in [1.54, 1.807) is 12.3 Å². The Morgan fingerprint density at radius 1 is 1.12 bits per heavy atom. The standard InChI is InChI=1S/C20H19N5S/c21-12-16(19-24-18(13-26-19)14-6-2-1-3-7-14)17-10-11-22-20(25-17)23-15-8-4-5-9-15/h1-3,6-7,10-11,13,15-16H,4-5,8-9H2,(H,22,23,25). The number of thiazole rings is 1. The Morgan fingerprint density at radius 2 is 1.92 bits per heavy atom. The molecule has 1 N–H and O–H groups in total. The summed E-state index contributed by atoms with van der Waals surface area (Å²) in [5.41, 5.74) is 2.64. The molecule has 1 aliphatic carbocycles. The Morgan fingerprint density at radius 3 is 2.69 bits per heavy atom. The van der Waals surface area contributed by atoms with Crippen LogP contribution in [0.3, 0.4) is 0 Å². The minimum absolute atomic E-state index is 0.440. The Balaban J connectivity index is 1.58. The van der Waals surface area contributed by atoms with Crippen LogP contribution < -0.4 is 5.32 Å². The molecule has 0 spiro atoms. The number of benzene rings is 1. The van der Waals surface area contributed by atoms with E-state index in [0.29, 0.717) is 17.7 Å². The number of nitrogens with zero attached hydrogens (tertiary/aromatic N) is 4. The highest BCUT2D eigenvalue weighted by atomic mass is 32.1. The van der Waals surface area contributed by atoms with E-state index in [-0.39, 0.29) is 0 Å². The SMILES string of the molecule is N#CC(c1ccnc(NC2CCCC2)n1)c1nc(-c2ccccc2)cs1.